The van der Waals surface area contributed by atoms with Crippen LogP contribution in [-0.2, 0) is 11.3 Å². The van der Waals surface area contributed by atoms with E-state index in [-0.39, 0.29) is 19.0 Å². The number of nitrogens with one attached hydrogen (secondary N) is 2. The van der Waals surface area contributed by atoms with Crippen molar-refractivity contribution in [1.29, 1.82) is 0 Å². The molecule has 0 aliphatic rings. The Morgan fingerprint density at radius 1 is 1.14 bits per heavy atom. The van der Waals surface area contributed by atoms with Gasteiger partial charge < -0.3 is 20.3 Å². The van der Waals surface area contributed by atoms with E-state index in [0.717, 1.165) is 5.56 Å². The number of hydrogen-bond acceptors (Lipinski definition) is 5. The molecule has 0 aliphatic heterocycles. The number of halogens is 1. The van der Waals surface area contributed by atoms with Crippen LogP contribution in [0, 0.1) is 5.82 Å². The van der Waals surface area contributed by atoms with Crippen LogP contribution >= 0.6 is 0 Å². The molecule has 1 amide bonds. The molecule has 0 aliphatic carbocycles. The van der Waals surface area contributed by atoms with Crippen molar-refractivity contribution < 1.29 is 24.1 Å². The third-order valence-corrected chi connectivity index (χ3v) is 4.15. The Kier molecular flexibility index (Phi) is 6.36. The van der Waals surface area contributed by atoms with Crippen LogP contribution in [0.3, 0.4) is 0 Å². The first-order valence-corrected chi connectivity index (χ1v) is 8.64. The lowest BCUT2D eigenvalue weighted by molar-refractivity contribution is 0.0187. The maximum Gasteiger partial charge on any atom is 0.407 e. The number of carbonyl (C=O) groups excluding carboxylic acids is 1. The average Bonchev–Trinajstić information content (AvgIpc) is 3.21. The van der Waals surface area contributed by atoms with Crippen molar-refractivity contribution in [2.75, 3.05) is 6.54 Å². The first kappa shape index (κ1) is 19.5. The molecule has 0 saturated carbocycles. The lowest BCUT2D eigenvalue weighted by atomic mass is 10.0. The van der Waals surface area contributed by atoms with E-state index in [4.69, 9.17) is 4.74 Å². The largest absolute Gasteiger partial charge is 0.445 e. The van der Waals surface area contributed by atoms with Gasteiger partial charge in [-0.1, -0.05) is 30.3 Å². The zero-order chi connectivity index (χ0) is 19.9. The van der Waals surface area contributed by atoms with Gasteiger partial charge in [0, 0.05) is 17.7 Å². The van der Waals surface area contributed by atoms with Crippen LogP contribution < -0.4 is 5.32 Å². The highest BCUT2D eigenvalue weighted by Gasteiger charge is 2.24. The van der Waals surface area contributed by atoms with Gasteiger partial charge in [0.1, 0.15) is 24.6 Å². The fraction of sp³-hybridized carbons (Fsp3) is 0.200. The maximum absolute atomic E-state index is 13.1. The van der Waals surface area contributed by atoms with Crippen LogP contribution in [0.2, 0.25) is 0 Å². The molecule has 1 heterocycles. The lowest BCUT2D eigenvalue weighted by Gasteiger charge is -2.18. The van der Waals surface area contributed by atoms with E-state index < -0.39 is 18.3 Å². The summed E-state index contributed by atoms with van der Waals surface area (Å²) < 4.78 is 18.2. The normalized spacial score (nSPS) is 13.0. The molecule has 0 spiro atoms. The number of H-pyrrole nitrogens is 1. The van der Waals surface area contributed by atoms with Crippen LogP contribution in [0.5, 0.6) is 0 Å². The summed E-state index contributed by atoms with van der Waals surface area (Å²) in [7, 11) is 0. The molecule has 2 aromatic carbocycles. The number of hydrogen-bond donors (Lipinski definition) is 4. The summed E-state index contributed by atoms with van der Waals surface area (Å²) in [5, 5.41) is 29.7. The van der Waals surface area contributed by atoms with Gasteiger partial charge in [-0.25, -0.2) is 9.18 Å². The quantitative estimate of drug-likeness (QED) is 0.500. The highest BCUT2D eigenvalue weighted by atomic mass is 19.1. The maximum atomic E-state index is 13.1. The second kappa shape index (κ2) is 9.12. The number of aromatic amines is 1. The van der Waals surface area contributed by atoms with E-state index in [9.17, 15) is 19.4 Å². The Labute approximate surface area is 160 Å². The molecule has 7 nitrogen and oxygen atoms in total. The van der Waals surface area contributed by atoms with Crippen molar-refractivity contribution >= 4 is 6.09 Å². The van der Waals surface area contributed by atoms with Gasteiger partial charge in [0.15, 0.2) is 0 Å². The van der Waals surface area contributed by atoms with Crippen molar-refractivity contribution in [2.24, 2.45) is 0 Å². The Bertz CT molecular complexity index is 899. The Morgan fingerprint density at radius 2 is 1.86 bits per heavy atom. The summed E-state index contributed by atoms with van der Waals surface area (Å²) in [6, 6.07) is 14.8. The summed E-state index contributed by atoms with van der Waals surface area (Å²) in [6.45, 7) is -0.120. The van der Waals surface area contributed by atoms with Crippen molar-refractivity contribution in [1.82, 2.24) is 15.5 Å². The zero-order valence-corrected chi connectivity index (χ0v) is 14.9. The Balaban J connectivity index is 1.55. The molecular formula is C20H20FN3O4. The van der Waals surface area contributed by atoms with Crippen molar-refractivity contribution in [3.8, 4) is 11.3 Å². The van der Waals surface area contributed by atoms with E-state index in [0.29, 0.717) is 16.8 Å². The van der Waals surface area contributed by atoms with Crippen molar-refractivity contribution in [3.05, 3.63) is 77.7 Å². The molecule has 0 saturated heterocycles. The van der Waals surface area contributed by atoms with E-state index in [1.807, 2.05) is 30.3 Å². The summed E-state index contributed by atoms with van der Waals surface area (Å²) in [5.41, 5.74) is 2.23. The van der Waals surface area contributed by atoms with Gasteiger partial charge in [0.2, 0.25) is 0 Å². The minimum absolute atomic E-state index is 0.0990. The third-order valence-electron chi connectivity index (χ3n) is 4.15. The zero-order valence-electron chi connectivity index (χ0n) is 14.9. The fourth-order valence-electron chi connectivity index (χ4n) is 2.65. The monoisotopic (exact) mass is 385 g/mol. The van der Waals surface area contributed by atoms with E-state index in [2.05, 4.69) is 15.5 Å². The Morgan fingerprint density at radius 3 is 2.57 bits per heavy atom. The van der Waals surface area contributed by atoms with Crippen LogP contribution in [0.1, 0.15) is 17.2 Å². The van der Waals surface area contributed by atoms with Gasteiger partial charge in [-0.3, -0.25) is 5.10 Å². The summed E-state index contributed by atoms with van der Waals surface area (Å²) in [4.78, 5) is 11.8. The van der Waals surface area contributed by atoms with E-state index >= 15 is 0 Å². The fourth-order valence-corrected chi connectivity index (χ4v) is 2.65. The highest BCUT2D eigenvalue weighted by molar-refractivity contribution is 5.67. The van der Waals surface area contributed by atoms with Crippen molar-refractivity contribution in [3.63, 3.8) is 0 Å². The van der Waals surface area contributed by atoms with Crippen LogP contribution in [0.4, 0.5) is 9.18 Å². The molecule has 0 bridgehead atoms. The minimum atomic E-state index is -1.31. The molecule has 0 fully saturated rings. The molecule has 1 aromatic heterocycles. The first-order valence-electron chi connectivity index (χ1n) is 8.64. The number of amides is 1. The number of rotatable bonds is 7. The van der Waals surface area contributed by atoms with Gasteiger partial charge in [0.05, 0.1) is 11.9 Å². The molecule has 0 radical (unpaired) electrons. The molecule has 28 heavy (non-hydrogen) atoms. The van der Waals surface area contributed by atoms with Crippen LogP contribution in [0.25, 0.3) is 11.3 Å². The van der Waals surface area contributed by atoms with Crippen molar-refractivity contribution in [2.45, 2.75) is 18.8 Å². The lowest BCUT2D eigenvalue weighted by Crippen LogP contribution is -2.35. The predicted octanol–water partition coefficient (Wildman–Crippen LogP) is 2.54. The summed E-state index contributed by atoms with van der Waals surface area (Å²) in [6.07, 6.45) is -1.93. The standard InChI is InChI=1S/C20H20FN3O4/c21-15-8-6-14(7-9-15)18-16(10-23-24-18)19(26)17(25)11-22-20(27)28-12-13-4-2-1-3-5-13/h1-10,17,19,25-26H,11-12H2,(H,22,27)(H,23,24). The van der Waals surface area contributed by atoms with Gasteiger partial charge in [-0.05, 0) is 29.8 Å². The van der Waals surface area contributed by atoms with Crippen LogP contribution in [0.15, 0.2) is 60.8 Å². The average molecular weight is 385 g/mol. The van der Waals surface area contributed by atoms with Gasteiger partial charge in [-0.2, -0.15) is 5.10 Å². The minimum Gasteiger partial charge on any atom is -0.445 e. The molecule has 2 unspecified atom stereocenters. The number of carbonyl (C=O) groups is 1. The molecular weight excluding hydrogens is 365 g/mol. The molecule has 8 heteroatoms. The number of aromatic nitrogens is 2. The number of benzene rings is 2. The SMILES string of the molecule is O=C(NCC(O)C(O)c1cn[nH]c1-c1ccc(F)cc1)OCc1ccccc1. The molecule has 3 aromatic rings. The smallest absolute Gasteiger partial charge is 0.407 e. The molecule has 3 rings (SSSR count). The first-order chi connectivity index (χ1) is 13.5. The second-order valence-corrected chi connectivity index (χ2v) is 6.16. The molecule has 4 N–H and O–H groups in total. The van der Waals surface area contributed by atoms with Gasteiger partial charge in [0.25, 0.3) is 0 Å². The second-order valence-electron chi connectivity index (χ2n) is 6.16. The third kappa shape index (κ3) is 4.93. The van der Waals surface area contributed by atoms with Gasteiger partial charge >= 0.3 is 6.09 Å². The summed E-state index contributed by atoms with van der Waals surface area (Å²) in [5.74, 6) is -0.386. The van der Waals surface area contributed by atoms with E-state index in [1.54, 1.807) is 0 Å². The molecule has 2 atom stereocenters. The Hall–Kier alpha value is -3.23. The highest BCUT2D eigenvalue weighted by Crippen LogP contribution is 2.28. The van der Waals surface area contributed by atoms with Gasteiger partial charge in [-0.15, -0.1) is 0 Å². The van der Waals surface area contributed by atoms with E-state index in [1.165, 1.54) is 30.5 Å². The number of alkyl carbamates (subject to hydrolysis) is 1. The number of aliphatic hydroxyl groups is 2. The predicted molar refractivity (Wildman–Crippen MR) is 99.6 cm³/mol. The topological polar surface area (TPSA) is 107 Å². The van der Waals surface area contributed by atoms with Crippen LogP contribution in [-0.4, -0.2) is 39.2 Å². The number of ether oxygens (including phenoxy) is 1. The number of nitrogens with zero attached hydrogens (tertiary/aromatic N) is 1. The molecule has 146 valence electrons. The number of aliphatic hydroxyl groups excluding tert-OH is 2. The summed E-state index contributed by atoms with van der Waals surface area (Å²) >= 11 is 0.